The molecular formula is C15H27N3. The van der Waals surface area contributed by atoms with E-state index >= 15 is 0 Å². The Morgan fingerprint density at radius 3 is 2.44 bits per heavy atom. The highest BCUT2D eigenvalue weighted by Crippen LogP contribution is 2.07. The normalized spacial score (nSPS) is 13.2. The lowest BCUT2D eigenvalue weighted by Crippen LogP contribution is -2.40. The molecule has 1 heterocycles. The molecule has 0 saturated carbocycles. The number of aromatic nitrogens is 1. The molecular weight excluding hydrogens is 222 g/mol. The van der Waals surface area contributed by atoms with Crippen molar-refractivity contribution in [3.63, 3.8) is 0 Å². The average molecular weight is 249 g/mol. The van der Waals surface area contributed by atoms with Gasteiger partial charge in [-0.25, -0.2) is 0 Å². The Kier molecular flexibility index (Phi) is 6.91. The first-order valence-electron chi connectivity index (χ1n) is 6.93. The van der Waals surface area contributed by atoms with E-state index < -0.39 is 0 Å². The van der Waals surface area contributed by atoms with Crippen LogP contribution in [0.15, 0.2) is 24.5 Å². The van der Waals surface area contributed by atoms with Crippen LogP contribution in [0.2, 0.25) is 0 Å². The molecule has 0 saturated heterocycles. The van der Waals surface area contributed by atoms with Crippen LogP contribution < -0.4 is 5.32 Å². The van der Waals surface area contributed by atoms with Gasteiger partial charge in [-0.2, -0.15) is 0 Å². The molecule has 0 spiro atoms. The van der Waals surface area contributed by atoms with Gasteiger partial charge in [0.15, 0.2) is 0 Å². The second-order valence-electron chi connectivity index (χ2n) is 5.38. The van der Waals surface area contributed by atoms with Crippen molar-refractivity contribution in [2.45, 2.75) is 39.8 Å². The maximum Gasteiger partial charge on any atom is 0.0271 e. The minimum absolute atomic E-state index is 0.594. The number of hydrogen-bond acceptors (Lipinski definition) is 3. The van der Waals surface area contributed by atoms with Crippen molar-refractivity contribution in [3.8, 4) is 0 Å². The number of nitrogens with one attached hydrogen (secondary N) is 1. The van der Waals surface area contributed by atoms with Crippen LogP contribution in [-0.4, -0.2) is 36.1 Å². The topological polar surface area (TPSA) is 28.2 Å². The average Bonchev–Trinajstić information content (AvgIpc) is 2.35. The molecule has 0 fully saturated rings. The van der Waals surface area contributed by atoms with Crippen LogP contribution in [-0.2, 0) is 6.54 Å². The Labute approximate surface area is 112 Å². The second-order valence-corrected chi connectivity index (χ2v) is 5.38. The van der Waals surface area contributed by atoms with Crippen LogP contribution in [0.5, 0.6) is 0 Å². The zero-order chi connectivity index (χ0) is 13.4. The Morgan fingerprint density at radius 1 is 1.22 bits per heavy atom. The molecule has 1 aromatic heterocycles. The van der Waals surface area contributed by atoms with Crippen LogP contribution in [0.25, 0.3) is 0 Å². The summed E-state index contributed by atoms with van der Waals surface area (Å²) in [5, 5.41) is 3.55. The molecule has 0 aliphatic heterocycles. The van der Waals surface area contributed by atoms with Gasteiger partial charge >= 0.3 is 0 Å². The predicted molar refractivity (Wildman–Crippen MR) is 77.5 cm³/mol. The van der Waals surface area contributed by atoms with E-state index in [0.717, 1.165) is 19.6 Å². The fourth-order valence-corrected chi connectivity index (χ4v) is 2.06. The highest BCUT2D eigenvalue weighted by Gasteiger charge is 2.12. The van der Waals surface area contributed by atoms with Gasteiger partial charge in [-0.3, -0.25) is 9.88 Å². The number of likely N-dealkylation sites (N-methyl/N-ethyl adjacent to an activating group) is 1. The molecule has 1 aromatic rings. The largest absolute Gasteiger partial charge is 0.315 e. The lowest BCUT2D eigenvalue weighted by Gasteiger charge is -2.27. The zero-order valence-electron chi connectivity index (χ0n) is 12.2. The number of rotatable bonds is 8. The summed E-state index contributed by atoms with van der Waals surface area (Å²) < 4.78 is 0. The molecule has 1 atom stereocenters. The summed E-state index contributed by atoms with van der Waals surface area (Å²) in [5.41, 5.74) is 1.33. The van der Waals surface area contributed by atoms with Crippen molar-refractivity contribution >= 4 is 0 Å². The molecule has 0 amide bonds. The van der Waals surface area contributed by atoms with Crippen LogP contribution in [0, 0.1) is 5.92 Å². The Hall–Kier alpha value is -0.930. The molecule has 102 valence electrons. The number of pyridine rings is 1. The third kappa shape index (κ3) is 5.61. The van der Waals surface area contributed by atoms with E-state index in [1.165, 1.54) is 12.0 Å². The van der Waals surface area contributed by atoms with Crippen molar-refractivity contribution in [1.29, 1.82) is 0 Å². The molecule has 0 radical (unpaired) electrons. The van der Waals surface area contributed by atoms with Gasteiger partial charge in [-0.15, -0.1) is 0 Å². The highest BCUT2D eigenvalue weighted by atomic mass is 15.1. The van der Waals surface area contributed by atoms with E-state index in [1.54, 1.807) is 0 Å². The second kappa shape index (κ2) is 8.22. The minimum Gasteiger partial charge on any atom is -0.315 e. The maximum atomic E-state index is 4.06. The van der Waals surface area contributed by atoms with Crippen molar-refractivity contribution in [3.05, 3.63) is 30.1 Å². The molecule has 1 unspecified atom stereocenters. The van der Waals surface area contributed by atoms with Gasteiger partial charge in [0.05, 0.1) is 0 Å². The molecule has 0 aliphatic rings. The van der Waals surface area contributed by atoms with E-state index in [1.807, 2.05) is 12.4 Å². The molecule has 0 bridgehead atoms. The van der Waals surface area contributed by atoms with Crippen molar-refractivity contribution in [2.75, 3.05) is 20.1 Å². The molecule has 1 rings (SSSR count). The van der Waals surface area contributed by atoms with Gasteiger partial charge in [-0.1, -0.05) is 20.8 Å². The van der Waals surface area contributed by atoms with E-state index in [4.69, 9.17) is 0 Å². The standard InChI is InChI=1S/C15H27N3/c1-5-15(11-17-10-13(2)3)18(4)12-14-6-8-16-9-7-14/h6-9,13,15,17H,5,10-12H2,1-4H3. The van der Waals surface area contributed by atoms with Crippen LogP contribution in [0.3, 0.4) is 0 Å². The third-order valence-corrected chi connectivity index (χ3v) is 3.21. The lowest BCUT2D eigenvalue weighted by molar-refractivity contribution is 0.220. The first-order valence-corrected chi connectivity index (χ1v) is 6.93. The Bertz CT molecular complexity index is 311. The SMILES string of the molecule is CCC(CNCC(C)C)N(C)Cc1ccncc1. The summed E-state index contributed by atoms with van der Waals surface area (Å²) in [4.78, 5) is 6.48. The first-order chi connectivity index (χ1) is 8.63. The fraction of sp³-hybridized carbons (Fsp3) is 0.667. The van der Waals surface area contributed by atoms with Crippen LogP contribution in [0.1, 0.15) is 32.8 Å². The van der Waals surface area contributed by atoms with E-state index in [-0.39, 0.29) is 0 Å². The Balaban J connectivity index is 2.39. The molecule has 0 aliphatic carbocycles. The number of nitrogens with zero attached hydrogens (tertiary/aromatic N) is 2. The smallest absolute Gasteiger partial charge is 0.0271 e. The van der Waals surface area contributed by atoms with Crippen molar-refractivity contribution in [1.82, 2.24) is 15.2 Å². The third-order valence-electron chi connectivity index (χ3n) is 3.21. The first kappa shape index (κ1) is 15.1. The summed E-state index contributed by atoms with van der Waals surface area (Å²) in [6, 6.07) is 4.77. The summed E-state index contributed by atoms with van der Waals surface area (Å²) in [6.07, 6.45) is 4.90. The highest BCUT2D eigenvalue weighted by molar-refractivity contribution is 5.09. The molecule has 0 aromatic carbocycles. The minimum atomic E-state index is 0.594. The van der Waals surface area contributed by atoms with Gasteiger partial charge < -0.3 is 5.32 Å². The van der Waals surface area contributed by atoms with Gasteiger partial charge in [0.25, 0.3) is 0 Å². The van der Waals surface area contributed by atoms with E-state index in [0.29, 0.717) is 12.0 Å². The van der Waals surface area contributed by atoms with Gasteiger partial charge in [0.1, 0.15) is 0 Å². The van der Waals surface area contributed by atoms with Crippen LogP contribution in [0.4, 0.5) is 0 Å². The molecule has 1 N–H and O–H groups in total. The molecule has 3 nitrogen and oxygen atoms in total. The van der Waals surface area contributed by atoms with Crippen molar-refractivity contribution in [2.24, 2.45) is 5.92 Å². The molecule has 3 heteroatoms. The van der Waals surface area contributed by atoms with Gasteiger partial charge in [0, 0.05) is 31.5 Å². The zero-order valence-corrected chi connectivity index (χ0v) is 12.2. The van der Waals surface area contributed by atoms with E-state index in [9.17, 15) is 0 Å². The quantitative estimate of drug-likeness (QED) is 0.767. The van der Waals surface area contributed by atoms with E-state index in [2.05, 4.69) is 55.2 Å². The van der Waals surface area contributed by atoms with Crippen LogP contribution >= 0.6 is 0 Å². The summed E-state index contributed by atoms with van der Waals surface area (Å²) in [7, 11) is 2.20. The molecule has 18 heavy (non-hydrogen) atoms. The van der Waals surface area contributed by atoms with Gasteiger partial charge in [-0.05, 0) is 43.6 Å². The fourth-order valence-electron chi connectivity index (χ4n) is 2.06. The lowest BCUT2D eigenvalue weighted by atomic mass is 10.1. The Morgan fingerprint density at radius 2 is 1.89 bits per heavy atom. The summed E-state index contributed by atoms with van der Waals surface area (Å²) >= 11 is 0. The maximum absolute atomic E-state index is 4.06. The summed E-state index contributed by atoms with van der Waals surface area (Å²) in [6.45, 7) is 9.90. The van der Waals surface area contributed by atoms with Crippen molar-refractivity contribution < 1.29 is 0 Å². The number of hydrogen-bond donors (Lipinski definition) is 1. The predicted octanol–water partition coefficient (Wildman–Crippen LogP) is 2.54. The monoisotopic (exact) mass is 249 g/mol. The van der Waals surface area contributed by atoms with Gasteiger partial charge in [0.2, 0.25) is 0 Å². The summed E-state index contributed by atoms with van der Waals surface area (Å²) in [5.74, 6) is 0.716.